The number of aryl methyl sites for hydroxylation is 3. The Bertz CT molecular complexity index is 867. The summed E-state index contributed by atoms with van der Waals surface area (Å²) in [7, 11) is 0. The van der Waals surface area contributed by atoms with Crippen LogP contribution in [0.4, 0.5) is 5.69 Å². The summed E-state index contributed by atoms with van der Waals surface area (Å²) in [6.45, 7) is 5.87. The number of hydrogen-bond acceptors (Lipinski definition) is 4. The fourth-order valence-corrected chi connectivity index (χ4v) is 2.54. The van der Waals surface area contributed by atoms with E-state index in [1.165, 1.54) is 0 Å². The maximum atomic E-state index is 12.1. The number of carbonyl (C=O) groups is 1. The lowest BCUT2D eigenvalue weighted by atomic mass is 10.1. The van der Waals surface area contributed by atoms with Crippen molar-refractivity contribution in [1.82, 2.24) is 19.7 Å². The lowest BCUT2D eigenvalue weighted by Gasteiger charge is -2.07. The maximum Gasteiger partial charge on any atom is 0.250 e. The molecule has 0 atom stereocenters. The van der Waals surface area contributed by atoms with Crippen LogP contribution in [0.5, 0.6) is 0 Å². The van der Waals surface area contributed by atoms with Gasteiger partial charge in [-0.05, 0) is 32.4 Å². The quantitative estimate of drug-likeness (QED) is 0.802. The maximum absolute atomic E-state index is 12.1. The molecule has 122 valence electrons. The summed E-state index contributed by atoms with van der Waals surface area (Å²) >= 11 is 0. The summed E-state index contributed by atoms with van der Waals surface area (Å²) in [6, 6.07) is 9.86. The van der Waals surface area contributed by atoms with Crippen LogP contribution >= 0.6 is 0 Å². The number of hydrogen-bond donors (Lipinski definition) is 1. The van der Waals surface area contributed by atoms with Crippen LogP contribution in [0.2, 0.25) is 0 Å². The first kappa shape index (κ1) is 15.9. The first-order valence-corrected chi connectivity index (χ1v) is 7.72. The van der Waals surface area contributed by atoms with Crippen LogP contribution in [0, 0.1) is 20.8 Å². The molecule has 6 heteroatoms. The van der Waals surface area contributed by atoms with Gasteiger partial charge in [0.15, 0.2) is 0 Å². The molecule has 0 unspecified atom stereocenters. The topological polar surface area (TPSA) is 72.7 Å². The molecule has 0 aliphatic carbocycles. The smallest absolute Gasteiger partial charge is 0.250 e. The third kappa shape index (κ3) is 3.65. The van der Waals surface area contributed by atoms with Gasteiger partial charge in [-0.1, -0.05) is 29.8 Å². The zero-order chi connectivity index (χ0) is 17.1. The Labute approximate surface area is 140 Å². The van der Waals surface area contributed by atoms with E-state index in [9.17, 15) is 4.79 Å². The standard InChI is InChI=1S/C18H19N5O/c1-12-5-4-6-15(7-12)9-17(24)21-16-10-19-18(20-11-16)23-14(3)8-13(2)22-23/h4-8,10-11H,9H2,1-3H3,(H,21,24). The molecule has 0 aliphatic rings. The van der Waals surface area contributed by atoms with Gasteiger partial charge in [-0.15, -0.1) is 0 Å². The third-order valence-corrected chi connectivity index (χ3v) is 3.57. The van der Waals surface area contributed by atoms with Crippen molar-refractivity contribution in [2.24, 2.45) is 0 Å². The van der Waals surface area contributed by atoms with Gasteiger partial charge in [0, 0.05) is 5.69 Å². The molecule has 2 aromatic heterocycles. The summed E-state index contributed by atoms with van der Waals surface area (Å²) < 4.78 is 1.67. The molecule has 24 heavy (non-hydrogen) atoms. The normalized spacial score (nSPS) is 10.6. The molecular weight excluding hydrogens is 302 g/mol. The molecule has 0 bridgehead atoms. The van der Waals surface area contributed by atoms with E-state index < -0.39 is 0 Å². The van der Waals surface area contributed by atoms with Crippen molar-refractivity contribution in [3.05, 3.63) is 65.2 Å². The summed E-state index contributed by atoms with van der Waals surface area (Å²) in [5.41, 5.74) is 4.55. The molecule has 1 aromatic carbocycles. The molecule has 1 amide bonds. The fraction of sp³-hybridized carbons (Fsp3) is 0.222. The predicted molar refractivity (Wildman–Crippen MR) is 92.1 cm³/mol. The van der Waals surface area contributed by atoms with E-state index in [2.05, 4.69) is 20.4 Å². The van der Waals surface area contributed by atoms with E-state index in [1.807, 2.05) is 51.1 Å². The Morgan fingerprint density at radius 2 is 1.88 bits per heavy atom. The van der Waals surface area contributed by atoms with Crippen LogP contribution in [0.15, 0.2) is 42.7 Å². The van der Waals surface area contributed by atoms with Gasteiger partial charge in [-0.25, -0.2) is 14.6 Å². The Kier molecular flexibility index (Phi) is 4.37. The van der Waals surface area contributed by atoms with Gasteiger partial charge >= 0.3 is 0 Å². The second-order valence-corrected chi connectivity index (χ2v) is 5.82. The van der Waals surface area contributed by atoms with Crippen LogP contribution in [-0.4, -0.2) is 25.7 Å². The number of nitrogens with one attached hydrogen (secondary N) is 1. The van der Waals surface area contributed by atoms with Crippen molar-refractivity contribution >= 4 is 11.6 Å². The van der Waals surface area contributed by atoms with Gasteiger partial charge in [-0.3, -0.25) is 4.79 Å². The highest BCUT2D eigenvalue weighted by Crippen LogP contribution is 2.11. The van der Waals surface area contributed by atoms with E-state index >= 15 is 0 Å². The molecule has 0 fully saturated rings. The van der Waals surface area contributed by atoms with Crippen molar-refractivity contribution < 1.29 is 4.79 Å². The number of amides is 1. The van der Waals surface area contributed by atoms with Gasteiger partial charge < -0.3 is 5.32 Å². The first-order valence-electron chi connectivity index (χ1n) is 7.72. The zero-order valence-electron chi connectivity index (χ0n) is 13.9. The average molecular weight is 321 g/mol. The second kappa shape index (κ2) is 6.62. The van der Waals surface area contributed by atoms with Gasteiger partial charge in [-0.2, -0.15) is 5.10 Å². The lowest BCUT2D eigenvalue weighted by molar-refractivity contribution is -0.115. The molecule has 3 aromatic rings. The van der Waals surface area contributed by atoms with Crippen LogP contribution in [0.3, 0.4) is 0 Å². The molecule has 0 spiro atoms. The van der Waals surface area contributed by atoms with Crippen molar-refractivity contribution in [2.45, 2.75) is 27.2 Å². The number of carbonyl (C=O) groups excluding carboxylic acids is 1. The van der Waals surface area contributed by atoms with E-state index in [0.29, 0.717) is 18.1 Å². The zero-order valence-corrected chi connectivity index (χ0v) is 13.9. The van der Waals surface area contributed by atoms with Crippen molar-refractivity contribution in [3.63, 3.8) is 0 Å². The molecule has 0 aliphatic heterocycles. The molecule has 3 rings (SSSR count). The van der Waals surface area contributed by atoms with E-state index in [-0.39, 0.29) is 5.91 Å². The molecule has 0 saturated heterocycles. The minimum absolute atomic E-state index is 0.0944. The average Bonchev–Trinajstić information content (AvgIpc) is 2.86. The number of nitrogens with zero attached hydrogens (tertiary/aromatic N) is 4. The van der Waals surface area contributed by atoms with Gasteiger partial charge in [0.2, 0.25) is 5.91 Å². The van der Waals surface area contributed by atoms with Crippen molar-refractivity contribution in [1.29, 1.82) is 0 Å². The minimum Gasteiger partial charge on any atom is -0.323 e. The van der Waals surface area contributed by atoms with Gasteiger partial charge in [0.25, 0.3) is 5.95 Å². The molecule has 0 radical (unpaired) electrons. The number of benzene rings is 1. The van der Waals surface area contributed by atoms with E-state index in [1.54, 1.807) is 17.1 Å². The number of aromatic nitrogens is 4. The third-order valence-electron chi connectivity index (χ3n) is 3.57. The highest BCUT2D eigenvalue weighted by atomic mass is 16.1. The van der Waals surface area contributed by atoms with Gasteiger partial charge in [0.1, 0.15) is 0 Å². The molecule has 2 heterocycles. The molecule has 1 N–H and O–H groups in total. The SMILES string of the molecule is Cc1cccc(CC(=O)Nc2cnc(-n3nc(C)cc3C)nc2)c1. The van der Waals surface area contributed by atoms with Crippen LogP contribution in [0.1, 0.15) is 22.5 Å². The van der Waals surface area contributed by atoms with Crippen molar-refractivity contribution in [3.8, 4) is 5.95 Å². The highest BCUT2D eigenvalue weighted by Gasteiger charge is 2.08. The summed E-state index contributed by atoms with van der Waals surface area (Å²) in [5.74, 6) is 0.389. The second-order valence-electron chi connectivity index (χ2n) is 5.82. The number of anilines is 1. The van der Waals surface area contributed by atoms with Gasteiger partial charge in [0.05, 0.1) is 30.2 Å². The Hall–Kier alpha value is -3.02. The molecular formula is C18H19N5O. The van der Waals surface area contributed by atoms with E-state index in [0.717, 1.165) is 22.5 Å². The monoisotopic (exact) mass is 321 g/mol. The van der Waals surface area contributed by atoms with Crippen LogP contribution in [-0.2, 0) is 11.2 Å². The fourth-order valence-electron chi connectivity index (χ4n) is 2.54. The number of rotatable bonds is 4. The Balaban J connectivity index is 1.68. The van der Waals surface area contributed by atoms with Crippen LogP contribution < -0.4 is 5.32 Å². The first-order chi connectivity index (χ1) is 11.5. The Morgan fingerprint density at radius 3 is 2.50 bits per heavy atom. The van der Waals surface area contributed by atoms with E-state index in [4.69, 9.17) is 0 Å². The summed E-state index contributed by atoms with van der Waals surface area (Å²) in [4.78, 5) is 20.7. The lowest BCUT2D eigenvalue weighted by Crippen LogP contribution is -2.15. The summed E-state index contributed by atoms with van der Waals surface area (Å²) in [5, 5.41) is 7.15. The molecule has 6 nitrogen and oxygen atoms in total. The largest absolute Gasteiger partial charge is 0.323 e. The predicted octanol–water partition coefficient (Wildman–Crippen LogP) is 2.77. The highest BCUT2D eigenvalue weighted by molar-refractivity contribution is 5.91. The van der Waals surface area contributed by atoms with Crippen molar-refractivity contribution in [2.75, 3.05) is 5.32 Å². The Morgan fingerprint density at radius 1 is 1.12 bits per heavy atom. The molecule has 0 saturated carbocycles. The summed E-state index contributed by atoms with van der Waals surface area (Å²) in [6.07, 6.45) is 3.50. The van der Waals surface area contributed by atoms with Crippen LogP contribution in [0.25, 0.3) is 5.95 Å². The minimum atomic E-state index is -0.0944.